The van der Waals surface area contributed by atoms with Crippen molar-refractivity contribution in [3.8, 4) is 0 Å². The molecule has 0 fully saturated rings. The van der Waals surface area contributed by atoms with Gasteiger partial charge in [0.2, 0.25) is 0 Å². The van der Waals surface area contributed by atoms with E-state index in [0.717, 1.165) is 14.7 Å². The van der Waals surface area contributed by atoms with Crippen LogP contribution in [0, 0.1) is 10.1 Å². The maximum Gasteiger partial charge on any atom is 0.325 e. The van der Waals surface area contributed by atoms with Gasteiger partial charge in [-0.3, -0.25) is 19.7 Å². The number of halogens is 1. The molecule has 0 saturated heterocycles. The molecule has 0 radical (unpaired) electrons. The molecule has 10 heteroatoms. The number of rotatable bonds is 5. The Morgan fingerprint density at radius 1 is 1.28 bits per heavy atom. The van der Waals surface area contributed by atoms with Crippen LogP contribution >= 0.6 is 27.3 Å². The second-order valence-electron chi connectivity index (χ2n) is 5.79. The molecule has 0 N–H and O–H groups in total. The van der Waals surface area contributed by atoms with Crippen LogP contribution < -0.4 is 4.80 Å². The third-order valence-corrected chi connectivity index (χ3v) is 5.42. The van der Waals surface area contributed by atoms with E-state index in [1.54, 1.807) is 4.57 Å². The predicted octanol–water partition coefficient (Wildman–Crippen LogP) is 3.69. The number of thiazole rings is 1. The summed E-state index contributed by atoms with van der Waals surface area (Å²) in [7, 11) is 1.29. The van der Waals surface area contributed by atoms with Crippen molar-refractivity contribution in [2.24, 2.45) is 4.99 Å². The molecule has 0 aliphatic heterocycles. The number of carbonyl (C=O) groups is 2. The Bertz CT molecular complexity index is 1190. The highest BCUT2D eigenvalue weighted by atomic mass is 79.9. The summed E-state index contributed by atoms with van der Waals surface area (Å²) in [6.45, 7) is -0.0731. The number of hydrogen-bond donors (Lipinski definition) is 0. The Morgan fingerprint density at radius 2 is 2.00 bits per heavy atom. The van der Waals surface area contributed by atoms with Gasteiger partial charge in [0.1, 0.15) is 6.54 Å². The van der Waals surface area contributed by atoms with Gasteiger partial charge in [0, 0.05) is 22.7 Å². The summed E-state index contributed by atoms with van der Waals surface area (Å²) in [5.74, 6) is -0.976. The maximum atomic E-state index is 12.3. The third kappa shape index (κ3) is 5.04. The van der Waals surface area contributed by atoms with Crippen LogP contribution in [0.4, 0.5) is 5.69 Å². The molecule has 0 aliphatic rings. The zero-order chi connectivity index (χ0) is 21.0. The average Bonchev–Trinajstić information content (AvgIpc) is 3.02. The molecule has 0 aliphatic carbocycles. The minimum Gasteiger partial charge on any atom is -0.468 e. The topological polar surface area (TPSA) is 104 Å². The first-order valence-corrected chi connectivity index (χ1v) is 9.85. The summed E-state index contributed by atoms with van der Waals surface area (Å²) < 4.78 is 8.08. The van der Waals surface area contributed by atoms with E-state index in [1.165, 1.54) is 54.9 Å². The van der Waals surface area contributed by atoms with E-state index < -0.39 is 16.8 Å². The van der Waals surface area contributed by atoms with Gasteiger partial charge in [0.05, 0.1) is 22.2 Å². The van der Waals surface area contributed by atoms with Crippen molar-refractivity contribution in [2.45, 2.75) is 6.54 Å². The molecule has 3 rings (SSSR count). The van der Waals surface area contributed by atoms with Crippen molar-refractivity contribution in [1.82, 2.24) is 4.57 Å². The number of amides is 1. The lowest BCUT2D eigenvalue weighted by molar-refractivity contribution is -0.384. The highest BCUT2D eigenvalue weighted by Crippen LogP contribution is 2.22. The van der Waals surface area contributed by atoms with Gasteiger partial charge in [-0.2, -0.15) is 4.99 Å². The van der Waals surface area contributed by atoms with Crippen molar-refractivity contribution in [3.05, 3.63) is 73.5 Å². The van der Waals surface area contributed by atoms with E-state index in [2.05, 4.69) is 20.9 Å². The van der Waals surface area contributed by atoms with E-state index in [4.69, 9.17) is 4.74 Å². The lowest BCUT2D eigenvalue weighted by Crippen LogP contribution is -2.22. The first-order valence-electron chi connectivity index (χ1n) is 8.24. The van der Waals surface area contributed by atoms with Gasteiger partial charge in [-0.25, -0.2) is 0 Å². The van der Waals surface area contributed by atoms with Crippen LogP contribution in [0.2, 0.25) is 0 Å². The molecule has 1 heterocycles. The molecule has 0 atom stereocenters. The zero-order valence-electron chi connectivity index (χ0n) is 15.1. The molecule has 0 spiro atoms. The fraction of sp³-hybridized carbons (Fsp3) is 0.105. The number of nitrogens with zero attached hydrogens (tertiary/aromatic N) is 3. The van der Waals surface area contributed by atoms with Crippen molar-refractivity contribution < 1.29 is 19.2 Å². The van der Waals surface area contributed by atoms with Gasteiger partial charge in [0.15, 0.2) is 4.80 Å². The standard InChI is InChI=1S/C19H14BrN3O5S/c1-28-18(25)11-22-15-8-5-13(20)10-16(15)29-19(22)21-17(24)9-4-12-2-6-14(7-3-12)23(26)27/h2-10H,11H2,1H3/b9-4-,21-19?. The number of carbonyl (C=O) groups excluding carboxylic acids is 2. The van der Waals surface area contributed by atoms with Crippen LogP contribution in [0.5, 0.6) is 0 Å². The van der Waals surface area contributed by atoms with E-state index in [-0.39, 0.29) is 12.2 Å². The molecular formula is C19H14BrN3O5S. The number of methoxy groups -OCH3 is 1. The van der Waals surface area contributed by atoms with Crippen LogP contribution in [-0.2, 0) is 20.9 Å². The maximum absolute atomic E-state index is 12.3. The van der Waals surface area contributed by atoms with Crippen LogP contribution in [-0.4, -0.2) is 28.5 Å². The molecule has 0 saturated carbocycles. The van der Waals surface area contributed by atoms with Crippen molar-refractivity contribution in [2.75, 3.05) is 7.11 Å². The van der Waals surface area contributed by atoms with Gasteiger partial charge < -0.3 is 9.30 Å². The fourth-order valence-corrected chi connectivity index (χ4v) is 4.07. The molecule has 1 aromatic heterocycles. The summed E-state index contributed by atoms with van der Waals surface area (Å²) in [6, 6.07) is 11.3. The largest absolute Gasteiger partial charge is 0.468 e. The van der Waals surface area contributed by atoms with Crippen molar-refractivity contribution in [1.29, 1.82) is 0 Å². The molecule has 1 amide bonds. The van der Waals surface area contributed by atoms with Gasteiger partial charge in [-0.15, -0.1) is 0 Å². The van der Waals surface area contributed by atoms with Gasteiger partial charge >= 0.3 is 5.97 Å². The molecule has 0 bridgehead atoms. The van der Waals surface area contributed by atoms with Gasteiger partial charge in [-0.05, 0) is 42.0 Å². The molecular weight excluding hydrogens is 462 g/mol. The normalized spacial score (nSPS) is 11.9. The minimum absolute atomic E-state index is 0.0292. The molecule has 2 aromatic carbocycles. The Kier molecular flexibility index (Phi) is 6.35. The summed E-state index contributed by atoms with van der Waals surface area (Å²) in [5.41, 5.74) is 1.36. The molecule has 148 valence electrons. The summed E-state index contributed by atoms with van der Waals surface area (Å²) in [5, 5.41) is 10.7. The van der Waals surface area contributed by atoms with Crippen LogP contribution in [0.25, 0.3) is 16.3 Å². The Hall–Kier alpha value is -3.11. The number of aromatic nitrogens is 1. The Labute approximate surface area is 177 Å². The second kappa shape index (κ2) is 8.93. The van der Waals surface area contributed by atoms with E-state index >= 15 is 0 Å². The van der Waals surface area contributed by atoms with Crippen molar-refractivity contribution in [3.63, 3.8) is 0 Å². The van der Waals surface area contributed by atoms with Crippen LogP contribution in [0.3, 0.4) is 0 Å². The lowest BCUT2D eigenvalue weighted by atomic mass is 10.2. The Morgan fingerprint density at radius 3 is 2.66 bits per heavy atom. The van der Waals surface area contributed by atoms with E-state index in [0.29, 0.717) is 10.4 Å². The monoisotopic (exact) mass is 475 g/mol. The Balaban J connectivity index is 1.93. The SMILES string of the molecule is COC(=O)Cn1c(=NC(=O)/C=C\c2ccc([N+](=O)[O-])cc2)sc2cc(Br)ccc21. The van der Waals surface area contributed by atoms with Crippen molar-refractivity contribution >= 4 is 61.1 Å². The molecule has 3 aromatic rings. The van der Waals surface area contributed by atoms with Gasteiger partial charge in [-0.1, -0.05) is 27.3 Å². The van der Waals surface area contributed by atoms with Crippen LogP contribution in [0.1, 0.15) is 5.56 Å². The smallest absolute Gasteiger partial charge is 0.325 e. The van der Waals surface area contributed by atoms with Crippen LogP contribution in [0.15, 0.2) is 58.0 Å². The highest BCUT2D eigenvalue weighted by Gasteiger charge is 2.11. The molecule has 0 unspecified atom stereocenters. The number of esters is 1. The fourth-order valence-electron chi connectivity index (χ4n) is 2.49. The number of hydrogen-bond acceptors (Lipinski definition) is 6. The number of fused-ring (bicyclic) bond motifs is 1. The first-order chi connectivity index (χ1) is 13.9. The number of benzene rings is 2. The first kappa shape index (κ1) is 20.6. The number of nitro benzene ring substituents is 1. The highest BCUT2D eigenvalue weighted by molar-refractivity contribution is 9.10. The van der Waals surface area contributed by atoms with Gasteiger partial charge in [0.25, 0.3) is 11.6 Å². The average molecular weight is 476 g/mol. The zero-order valence-corrected chi connectivity index (χ0v) is 17.5. The molecule has 8 nitrogen and oxygen atoms in total. The predicted molar refractivity (Wildman–Crippen MR) is 112 cm³/mol. The second-order valence-corrected chi connectivity index (χ2v) is 7.72. The number of ether oxygens (including phenoxy) is 1. The summed E-state index contributed by atoms with van der Waals surface area (Å²) in [6.07, 6.45) is 2.79. The summed E-state index contributed by atoms with van der Waals surface area (Å²) >= 11 is 4.68. The van der Waals surface area contributed by atoms with E-state index in [1.807, 2.05) is 18.2 Å². The molecule has 29 heavy (non-hydrogen) atoms. The number of nitro groups is 1. The summed E-state index contributed by atoms with van der Waals surface area (Å²) in [4.78, 5) is 38.8. The minimum atomic E-state index is -0.521. The quantitative estimate of drug-likeness (QED) is 0.242. The number of non-ortho nitro benzene ring substituents is 1. The van der Waals surface area contributed by atoms with E-state index in [9.17, 15) is 19.7 Å². The lowest BCUT2D eigenvalue weighted by Gasteiger charge is -2.03. The third-order valence-electron chi connectivity index (χ3n) is 3.89.